The third kappa shape index (κ3) is 9.00. The number of aliphatic carboxylic acids is 1. The lowest BCUT2D eigenvalue weighted by Gasteiger charge is -2.15. The number of nitrogens with zero attached hydrogens (tertiary/aromatic N) is 1. The van der Waals surface area contributed by atoms with Crippen molar-refractivity contribution in [1.82, 2.24) is 4.98 Å². The average molecular weight is 423 g/mol. The van der Waals surface area contributed by atoms with Crippen LogP contribution in [-0.2, 0) is 20.7 Å². The van der Waals surface area contributed by atoms with E-state index in [0.29, 0.717) is 16.5 Å². The Morgan fingerprint density at radius 1 is 1.41 bits per heavy atom. The lowest BCUT2D eigenvalue weighted by molar-refractivity contribution is -0.303. The van der Waals surface area contributed by atoms with Crippen molar-refractivity contribution in [2.24, 2.45) is 0 Å². The quantitative estimate of drug-likeness (QED) is 0.318. The average Bonchev–Trinajstić information content (AvgIpc) is 2.96. The maximum absolute atomic E-state index is 12.2. The van der Waals surface area contributed by atoms with E-state index in [-0.39, 0.29) is 6.61 Å². The summed E-state index contributed by atoms with van der Waals surface area (Å²) in [4.78, 5) is 15.5. The fourth-order valence-electron chi connectivity index (χ4n) is 1.55. The zero-order valence-electron chi connectivity index (χ0n) is 15.0. The van der Waals surface area contributed by atoms with Crippen LogP contribution in [0.4, 0.5) is 13.2 Å². The first kappa shape index (κ1) is 23.1. The lowest BCUT2D eigenvalue weighted by atomic mass is 10.2. The molecule has 27 heavy (non-hydrogen) atoms. The number of alkyl halides is 3. The molecule has 0 bridgehead atoms. The number of halogens is 3. The van der Waals surface area contributed by atoms with E-state index in [9.17, 15) is 18.0 Å². The van der Waals surface area contributed by atoms with Gasteiger partial charge in [0.15, 0.2) is 4.34 Å². The Balaban J connectivity index is 2.53. The standard InChI is InChI=1S/C17H20F3NO4S2/c1-5-13(25-17(18,19)20)7-6-11(2)24-9-8-12-10-26-15(21-12)27-16(3,4)14(22)23/h5-7,10H,1,8-9H2,2-4H3,(H,22,23)/b11-6+,13-7+. The van der Waals surface area contributed by atoms with Crippen molar-refractivity contribution in [3.63, 3.8) is 0 Å². The van der Waals surface area contributed by atoms with Crippen molar-refractivity contribution in [3.05, 3.63) is 47.4 Å². The van der Waals surface area contributed by atoms with E-state index in [0.717, 1.165) is 17.8 Å². The molecule has 1 N–H and O–H groups in total. The highest BCUT2D eigenvalue weighted by atomic mass is 32.2. The summed E-state index contributed by atoms with van der Waals surface area (Å²) in [7, 11) is 0. The zero-order chi connectivity index (χ0) is 20.7. The Morgan fingerprint density at radius 3 is 2.63 bits per heavy atom. The van der Waals surface area contributed by atoms with E-state index in [1.807, 2.05) is 5.38 Å². The molecule has 5 nitrogen and oxygen atoms in total. The molecule has 1 aromatic rings. The van der Waals surface area contributed by atoms with Gasteiger partial charge in [-0.1, -0.05) is 18.3 Å². The molecule has 0 aliphatic carbocycles. The molecule has 0 saturated heterocycles. The van der Waals surface area contributed by atoms with Gasteiger partial charge < -0.3 is 14.6 Å². The largest absolute Gasteiger partial charge is 0.573 e. The van der Waals surface area contributed by atoms with Crippen LogP contribution in [-0.4, -0.2) is 33.8 Å². The van der Waals surface area contributed by atoms with E-state index >= 15 is 0 Å². The van der Waals surface area contributed by atoms with Crippen molar-refractivity contribution in [1.29, 1.82) is 0 Å². The number of rotatable bonds is 10. The molecule has 0 saturated carbocycles. The van der Waals surface area contributed by atoms with Crippen LogP contribution >= 0.6 is 23.1 Å². The van der Waals surface area contributed by atoms with Crippen molar-refractivity contribution in [3.8, 4) is 0 Å². The Kier molecular flexibility index (Phi) is 8.42. The monoisotopic (exact) mass is 423 g/mol. The van der Waals surface area contributed by atoms with Crippen molar-refractivity contribution >= 4 is 29.1 Å². The van der Waals surface area contributed by atoms with E-state index in [4.69, 9.17) is 9.84 Å². The summed E-state index contributed by atoms with van der Waals surface area (Å²) in [6.45, 7) is 8.33. The van der Waals surface area contributed by atoms with E-state index in [2.05, 4.69) is 16.3 Å². The molecule has 0 amide bonds. The number of thiazole rings is 1. The molecule has 0 aromatic carbocycles. The summed E-state index contributed by atoms with van der Waals surface area (Å²) in [6.07, 6.45) is -0.892. The number of hydrogen-bond donors (Lipinski definition) is 1. The van der Waals surface area contributed by atoms with E-state index in [1.165, 1.54) is 29.2 Å². The summed E-state index contributed by atoms with van der Waals surface area (Å²) in [5.41, 5.74) is 0.749. The van der Waals surface area contributed by atoms with Crippen LogP contribution in [0.5, 0.6) is 0 Å². The number of ether oxygens (including phenoxy) is 2. The van der Waals surface area contributed by atoms with Gasteiger partial charge in [-0.3, -0.25) is 4.79 Å². The molecule has 0 atom stereocenters. The van der Waals surface area contributed by atoms with Crippen LogP contribution in [0.25, 0.3) is 0 Å². The van der Waals surface area contributed by atoms with Crippen LogP contribution in [0.2, 0.25) is 0 Å². The first-order chi connectivity index (χ1) is 12.4. The summed E-state index contributed by atoms with van der Waals surface area (Å²) >= 11 is 2.52. The minimum Gasteiger partial charge on any atom is -0.498 e. The van der Waals surface area contributed by atoms with Gasteiger partial charge in [-0.2, -0.15) is 0 Å². The van der Waals surface area contributed by atoms with E-state index in [1.54, 1.807) is 20.8 Å². The molecule has 0 fully saturated rings. The van der Waals surface area contributed by atoms with Gasteiger partial charge >= 0.3 is 12.3 Å². The summed E-state index contributed by atoms with van der Waals surface area (Å²) in [5.74, 6) is -0.959. The Hall–Kier alpha value is -1.94. The van der Waals surface area contributed by atoms with Crippen LogP contribution in [0.3, 0.4) is 0 Å². The van der Waals surface area contributed by atoms with Gasteiger partial charge in [0, 0.05) is 11.8 Å². The minimum atomic E-state index is -4.78. The maximum atomic E-state index is 12.2. The Morgan fingerprint density at radius 2 is 2.07 bits per heavy atom. The molecular weight excluding hydrogens is 403 g/mol. The topological polar surface area (TPSA) is 68.7 Å². The van der Waals surface area contributed by atoms with Crippen LogP contribution < -0.4 is 0 Å². The molecule has 0 spiro atoms. The van der Waals surface area contributed by atoms with Crippen molar-refractivity contribution in [2.45, 2.75) is 42.6 Å². The molecular formula is C17H20F3NO4S2. The first-order valence-corrected chi connectivity index (χ1v) is 9.39. The van der Waals surface area contributed by atoms with Gasteiger partial charge in [-0.15, -0.1) is 24.5 Å². The van der Waals surface area contributed by atoms with Gasteiger partial charge in [0.1, 0.15) is 10.5 Å². The van der Waals surface area contributed by atoms with Crippen LogP contribution in [0.1, 0.15) is 26.5 Å². The number of aromatic nitrogens is 1. The third-order valence-corrected chi connectivity index (χ3v) is 5.17. The highest BCUT2D eigenvalue weighted by Gasteiger charge is 2.31. The summed E-state index contributed by atoms with van der Waals surface area (Å²) in [5, 5.41) is 10.9. The Bertz CT molecular complexity index is 724. The van der Waals surface area contributed by atoms with Gasteiger partial charge in [0.2, 0.25) is 0 Å². The molecule has 0 unspecified atom stereocenters. The summed E-state index contributed by atoms with van der Waals surface area (Å²) in [6, 6.07) is 0. The second-order valence-electron chi connectivity index (χ2n) is 5.72. The number of thioether (sulfide) groups is 1. The molecule has 1 aromatic heterocycles. The van der Waals surface area contributed by atoms with Crippen LogP contribution in [0, 0.1) is 0 Å². The molecule has 0 aliphatic rings. The van der Waals surface area contributed by atoms with E-state index < -0.39 is 22.8 Å². The van der Waals surface area contributed by atoms with Gasteiger partial charge in [0.25, 0.3) is 0 Å². The predicted octanol–water partition coefficient (Wildman–Crippen LogP) is 5.17. The van der Waals surface area contributed by atoms with Crippen molar-refractivity contribution < 1.29 is 32.5 Å². The first-order valence-electron chi connectivity index (χ1n) is 7.69. The maximum Gasteiger partial charge on any atom is 0.573 e. The van der Waals surface area contributed by atoms with Crippen LogP contribution in [0.15, 0.2) is 46.0 Å². The highest BCUT2D eigenvalue weighted by molar-refractivity contribution is 8.02. The fraction of sp³-hybridized carbons (Fsp3) is 0.412. The molecule has 1 heterocycles. The number of carbonyl (C=O) groups is 1. The molecule has 0 radical (unpaired) electrons. The number of allylic oxidation sites excluding steroid dienone is 4. The lowest BCUT2D eigenvalue weighted by Crippen LogP contribution is -2.26. The predicted molar refractivity (Wildman–Crippen MR) is 98.5 cm³/mol. The molecule has 150 valence electrons. The summed E-state index contributed by atoms with van der Waals surface area (Å²) < 4.78 is 45.3. The second-order valence-corrected chi connectivity index (χ2v) is 8.45. The fourth-order valence-corrected chi connectivity index (χ4v) is 3.78. The normalized spacial score (nSPS) is 13.4. The highest BCUT2D eigenvalue weighted by Crippen LogP contribution is 2.34. The SMILES string of the molecule is C=C/C(=C\C=C(/C)OCCc1csc(SC(C)(C)C(=O)O)n1)OC(F)(F)F. The smallest absolute Gasteiger partial charge is 0.498 e. The number of carboxylic acids is 1. The third-order valence-electron chi connectivity index (χ3n) is 2.99. The van der Waals surface area contributed by atoms with Gasteiger partial charge in [-0.05, 0) is 39.0 Å². The number of hydrogen-bond acceptors (Lipinski definition) is 6. The van der Waals surface area contributed by atoms with Gasteiger partial charge in [-0.25, -0.2) is 4.98 Å². The second kappa shape index (κ2) is 9.84. The number of carboxylic acid groups (broad SMARTS) is 1. The molecule has 1 rings (SSSR count). The van der Waals surface area contributed by atoms with Crippen molar-refractivity contribution in [2.75, 3.05) is 6.61 Å². The minimum absolute atomic E-state index is 0.274. The zero-order valence-corrected chi connectivity index (χ0v) is 16.6. The molecule has 0 aliphatic heterocycles. The molecule has 10 heteroatoms. The van der Waals surface area contributed by atoms with Gasteiger partial charge in [0.05, 0.1) is 18.1 Å². The Labute approximate surface area is 163 Å².